The van der Waals surface area contributed by atoms with Gasteiger partial charge in [0.1, 0.15) is 18.8 Å². The molecular weight excluding hydrogens is 464 g/mol. The van der Waals surface area contributed by atoms with Gasteiger partial charge in [-0.05, 0) is 38.8 Å². The second-order valence-electron chi connectivity index (χ2n) is 9.64. The summed E-state index contributed by atoms with van der Waals surface area (Å²) in [6, 6.07) is 17.7. The van der Waals surface area contributed by atoms with Gasteiger partial charge in [0.25, 0.3) is 0 Å². The molecule has 0 spiro atoms. The van der Waals surface area contributed by atoms with Gasteiger partial charge in [0.05, 0.1) is 0 Å². The van der Waals surface area contributed by atoms with Gasteiger partial charge in [0, 0.05) is 5.92 Å². The number of carbonyl (C=O) groups excluding carboxylic acids is 4. The number of hydrogen-bond acceptors (Lipinski definition) is 7. The molecule has 1 N–H and O–H groups in total. The number of benzene rings is 2. The summed E-state index contributed by atoms with van der Waals surface area (Å²) >= 11 is 0. The van der Waals surface area contributed by atoms with Crippen LogP contribution in [0.5, 0.6) is 0 Å². The number of hydrogen-bond donors (Lipinski definition) is 1. The van der Waals surface area contributed by atoms with Gasteiger partial charge in [-0.25, -0.2) is 19.8 Å². The van der Waals surface area contributed by atoms with Gasteiger partial charge in [0.15, 0.2) is 5.78 Å². The molecule has 2 rings (SSSR count). The van der Waals surface area contributed by atoms with Gasteiger partial charge < -0.3 is 14.2 Å². The fourth-order valence-corrected chi connectivity index (χ4v) is 3.21. The van der Waals surface area contributed by atoms with Crippen molar-refractivity contribution < 1.29 is 33.4 Å². The number of rotatable bonds is 8. The normalized spacial score (nSPS) is 12.8. The van der Waals surface area contributed by atoms with Gasteiger partial charge in [-0.15, -0.1) is 0 Å². The van der Waals surface area contributed by atoms with Gasteiger partial charge >= 0.3 is 18.2 Å². The highest BCUT2D eigenvalue weighted by molar-refractivity contribution is 6.11. The summed E-state index contributed by atoms with van der Waals surface area (Å²) in [5.41, 5.74) is 0.418. The molecule has 0 radical (unpaired) electrons. The molecule has 0 aliphatic carbocycles. The first-order chi connectivity index (χ1) is 16.8. The van der Waals surface area contributed by atoms with Gasteiger partial charge in [0.2, 0.25) is 5.54 Å². The van der Waals surface area contributed by atoms with Crippen molar-refractivity contribution in [1.29, 1.82) is 0 Å². The summed E-state index contributed by atoms with van der Waals surface area (Å²) in [7, 11) is 0. The zero-order valence-corrected chi connectivity index (χ0v) is 21.6. The number of amides is 2. The highest BCUT2D eigenvalue weighted by atomic mass is 16.6. The average Bonchev–Trinajstić information content (AvgIpc) is 2.83. The van der Waals surface area contributed by atoms with E-state index in [2.05, 4.69) is 5.43 Å². The number of hydrazine groups is 1. The lowest BCUT2D eigenvalue weighted by Crippen LogP contribution is -2.67. The Morgan fingerprint density at radius 3 is 1.72 bits per heavy atom. The second kappa shape index (κ2) is 12.2. The Labute approximate surface area is 211 Å². The summed E-state index contributed by atoms with van der Waals surface area (Å²) in [6.07, 6.45) is -2.18. The lowest BCUT2D eigenvalue weighted by atomic mass is 9.88. The first kappa shape index (κ1) is 28.4. The van der Waals surface area contributed by atoms with Gasteiger partial charge in [-0.3, -0.25) is 4.79 Å². The van der Waals surface area contributed by atoms with Crippen molar-refractivity contribution in [2.45, 2.75) is 65.9 Å². The number of carbonyl (C=O) groups is 4. The minimum Gasteiger partial charge on any atom is -0.458 e. The molecule has 36 heavy (non-hydrogen) atoms. The first-order valence-electron chi connectivity index (χ1n) is 11.6. The van der Waals surface area contributed by atoms with E-state index in [1.807, 2.05) is 12.1 Å². The minimum absolute atomic E-state index is 0.0964. The molecule has 9 nitrogen and oxygen atoms in total. The number of Topliss-reactive ketones (excluding diaryl/α,β-unsaturated/α-hetero) is 1. The fraction of sp³-hybridized carbons (Fsp3) is 0.407. The predicted molar refractivity (Wildman–Crippen MR) is 132 cm³/mol. The van der Waals surface area contributed by atoms with E-state index in [4.69, 9.17) is 14.2 Å². The molecular formula is C27H34N2O7. The minimum atomic E-state index is -2.24. The third kappa shape index (κ3) is 7.83. The van der Waals surface area contributed by atoms with Crippen molar-refractivity contribution >= 4 is 23.9 Å². The molecule has 0 aromatic heterocycles. The zero-order chi connectivity index (χ0) is 26.9. The standard InChI is InChI=1S/C27H34N2O7/c1-19(2)22(30)27(6,23(31)36-26(3,4)5)29(25(33)35-18-21-15-11-8-12-16-21)28-24(32)34-17-20-13-9-7-10-14-20/h7-16,19H,17-18H2,1-6H3,(H,28,32)/t27-/m1/s1. The fourth-order valence-electron chi connectivity index (χ4n) is 3.21. The van der Waals surface area contributed by atoms with E-state index >= 15 is 0 Å². The topological polar surface area (TPSA) is 111 Å². The highest BCUT2D eigenvalue weighted by Gasteiger charge is 2.54. The number of ketones is 1. The van der Waals surface area contributed by atoms with Crippen LogP contribution < -0.4 is 5.43 Å². The number of nitrogens with one attached hydrogen (secondary N) is 1. The third-order valence-corrected chi connectivity index (χ3v) is 5.05. The number of esters is 1. The van der Waals surface area contributed by atoms with Crippen LogP contribution in [0.3, 0.4) is 0 Å². The molecule has 1 atom stereocenters. The molecule has 2 aromatic carbocycles. The summed E-state index contributed by atoms with van der Waals surface area (Å²) < 4.78 is 16.1. The molecule has 194 valence electrons. The maximum atomic E-state index is 13.3. The quantitative estimate of drug-likeness (QED) is 0.241. The smallest absolute Gasteiger partial charge is 0.430 e. The molecule has 9 heteroatoms. The lowest BCUT2D eigenvalue weighted by molar-refractivity contribution is -0.173. The van der Waals surface area contributed by atoms with E-state index in [0.717, 1.165) is 0 Å². The number of nitrogens with zero attached hydrogens (tertiary/aromatic N) is 1. The summed E-state index contributed by atoms with van der Waals surface area (Å²) in [6.45, 7) is 9.00. The van der Waals surface area contributed by atoms with Crippen LogP contribution in [-0.2, 0) is 37.0 Å². The molecule has 0 aliphatic rings. The Morgan fingerprint density at radius 1 is 0.806 bits per heavy atom. The molecule has 0 bridgehead atoms. The second-order valence-corrected chi connectivity index (χ2v) is 9.64. The van der Waals surface area contributed by atoms with Crippen molar-refractivity contribution in [1.82, 2.24) is 10.4 Å². The highest BCUT2D eigenvalue weighted by Crippen LogP contribution is 2.25. The SMILES string of the molecule is CC(C)C(=O)[C@](C)(C(=O)OC(C)(C)C)N(NC(=O)OCc1ccccc1)C(=O)OCc1ccccc1. The monoisotopic (exact) mass is 498 g/mol. The Balaban J connectivity index is 2.37. The van der Waals surface area contributed by atoms with Crippen LogP contribution in [0, 0.1) is 5.92 Å². The molecule has 2 aromatic rings. The summed E-state index contributed by atoms with van der Waals surface area (Å²) in [5, 5.41) is 0.555. The molecule has 0 heterocycles. The van der Waals surface area contributed by atoms with E-state index in [1.165, 1.54) is 6.92 Å². The van der Waals surface area contributed by atoms with Gasteiger partial charge in [-0.2, -0.15) is 5.01 Å². The largest absolute Gasteiger partial charge is 0.458 e. The van der Waals surface area contributed by atoms with Crippen LogP contribution in [0.25, 0.3) is 0 Å². The van der Waals surface area contributed by atoms with Crippen LogP contribution in [0.4, 0.5) is 9.59 Å². The van der Waals surface area contributed by atoms with Crippen LogP contribution >= 0.6 is 0 Å². The van der Waals surface area contributed by atoms with Crippen LogP contribution in [0.2, 0.25) is 0 Å². The van der Waals surface area contributed by atoms with Crippen molar-refractivity contribution in [3.63, 3.8) is 0 Å². The van der Waals surface area contributed by atoms with Gasteiger partial charge in [-0.1, -0.05) is 74.5 Å². The lowest BCUT2D eigenvalue weighted by Gasteiger charge is -2.38. The molecule has 0 aliphatic heterocycles. The molecule has 0 unspecified atom stereocenters. The maximum Gasteiger partial charge on any atom is 0.430 e. The maximum absolute atomic E-state index is 13.3. The summed E-state index contributed by atoms with van der Waals surface area (Å²) in [5.74, 6) is -2.36. The van der Waals surface area contributed by atoms with E-state index < -0.39 is 41.0 Å². The Morgan fingerprint density at radius 2 is 1.28 bits per heavy atom. The molecule has 0 saturated heterocycles. The molecule has 0 saturated carbocycles. The van der Waals surface area contributed by atoms with E-state index in [-0.39, 0.29) is 13.2 Å². The third-order valence-electron chi connectivity index (χ3n) is 5.05. The Hall–Kier alpha value is -3.88. The zero-order valence-electron chi connectivity index (χ0n) is 21.6. The van der Waals surface area contributed by atoms with E-state index in [0.29, 0.717) is 16.1 Å². The van der Waals surface area contributed by atoms with Crippen molar-refractivity contribution in [2.75, 3.05) is 0 Å². The van der Waals surface area contributed by atoms with Crippen LogP contribution in [0.15, 0.2) is 60.7 Å². The van der Waals surface area contributed by atoms with Crippen LogP contribution in [-0.4, -0.2) is 40.1 Å². The Kier molecular flexibility index (Phi) is 9.60. The molecule has 0 fully saturated rings. The average molecular weight is 499 g/mol. The summed E-state index contributed by atoms with van der Waals surface area (Å²) in [4.78, 5) is 52.6. The van der Waals surface area contributed by atoms with E-state index in [1.54, 1.807) is 83.1 Å². The predicted octanol–water partition coefficient (Wildman–Crippen LogP) is 4.79. The molecule has 2 amide bonds. The van der Waals surface area contributed by atoms with Crippen molar-refractivity contribution in [3.8, 4) is 0 Å². The van der Waals surface area contributed by atoms with Crippen molar-refractivity contribution in [2.24, 2.45) is 5.92 Å². The van der Waals surface area contributed by atoms with Crippen molar-refractivity contribution in [3.05, 3.63) is 71.8 Å². The van der Waals surface area contributed by atoms with Crippen LogP contribution in [0.1, 0.15) is 52.7 Å². The number of ether oxygens (including phenoxy) is 3. The van der Waals surface area contributed by atoms with E-state index in [9.17, 15) is 19.2 Å². The first-order valence-corrected chi connectivity index (χ1v) is 11.6. The Bertz CT molecular complexity index is 1050.